The van der Waals surface area contributed by atoms with Crippen molar-refractivity contribution in [3.63, 3.8) is 0 Å². The predicted octanol–water partition coefficient (Wildman–Crippen LogP) is 1.96. The van der Waals surface area contributed by atoms with Gasteiger partial charge in [-0.25, -0.2) is 4.79 Å². The minimum Gasteiger partial charge on any atom is -0.479 e. The largest absolute Gasteiger partial charge is 0.479 e. The first kappa shape index (κ1) is 14.4. The summed E-state index contributed by atoms with van der Waals surface area (Å²) in [6.07, 6.45) is 1.37. The van der Waals surface area contributed by atoms with Gasteiger partial charge in [-0.2, -0.15) is 0 Å². The Morgan fingerprint density at radius 3 is 2.95 bits per heavy atom. The summed E-state index contributed by atoms with van der Waals surface area (Å²) in [6, 6.07) is 5.62. The van der Waals surface area contributed by atoms with E-state index in [1.807, 2.05) is 12.1 Å². The van der Waals surface area contributed by atoms with Crippen LogP contribution in [0.15, 0.2) is 18.2 Å². The number of carbonyl (C=O) groups excluding carboxylic acids is 1. The molecule has 0 spiro atoms. The third-order valence-electron chi connectivity index (χ3n) is 3.27. The van der Waals surface area contributed by atoms with E-state index in [1.54, 1.807) is 13.0 Å². The maximum atomic E-state index is 11.3. The van der Waals surface area contributed by atoms with Crippen LogP contribution in [0.4, 0.5) is 0 Å². The Morgan fingerprint density at radius 1 is 1.45 bits per heavy atom. The van der Waals surface area contributed by atoms with Crippen molar-refractivity contribution in [3.05, 3.63) is 29.3 Å². The molecule has 0 bridgehead atoms. The van der Waals surface area contributed by atoms with E-state index in [-0.39, 0.29) is 5.97 Å². The van der Waals surface area contributed by atoms with Crippen LogP contribution in [-0.2, 0) is 27.2 Å². The van der Waals surface area contributed by atoms with Gasteiger partial charge in [0.1, 0.15) is 5.75 Å². The lowest BCUT2D eigenvalue weighted by Crippen LogP contribution is -2.30. The van der Waals surface area contributed by atoms with Gasteiger partial charge >= 0.3 is 11.9 Å². The Kier molecular flexibility index (Phi) is 4.61. The lowest BCUT2D eigenvalue weighted by atomic mass is 9.98. The highest BCUT2D eigenvalue weighted by Gasteiger charge is 2.25. The Labute approximate surface area is 117 Å². The molecule has 0 aromatic heterocycles. The molecule has 20 heavy (non-hydrogen) atoms. The zero-order valence-corrected chi connectivity index (χ0v) is 11.4. The van der Waals surface area contributed by atoms with Crippen LogP contribution in [0.3, 0.4) is 0 Å². The lowest BCUT2D eigenvalue weighted by Gasteiger charge is -2.23. The number of hydrogen-bond acceptors (Lipinski definition) is 4. The van der Waals surface area contributed by atoms with Crippen LogP contribution in [-0.4, -0.2) is 29.8 Å². The number of esters is 1. The second-order valence-electron chi connectivity index (χ2n) is 4.73. The molecule has 5 heteroatoms. The van der Waals surface area contributed by atoms with Gasteiger partial charge in [0.25, 0.3) is 0 Å². The predicted molar refractivity (Wildman–Crippen MR) is 71.8 cm³/mol. The summed E-state index contributed by atoms with van der Waals surface area (Å²) in [7, 11) is 0. The van der Waals surface area contributed by atoms with Crippen LogP contribution in [0.2, 0.25) is 0 Å². The Bertz CT molecular complexity index is 509. The van der Waals surface area contributed by atoms with Crippen molar-refractivity contribution < 1.29 is 24.2 Å². The van der Waals surface area contributed by atoms with Gasteiger partial charge in [-0.15, -0.1) is 0 Å². The van der Waals surface area contributed by atoms with E-state index in [0.29, 0.717) is 38.0 Å². The molecule has 1 aliphatic rings. The number of hydrogen-bond donors (Lipinski definition) is 1. The number of aryl methyl sites for hydroxylation is 2. The first-order valence-electron chi connectivity index (χ1n) is 6.77. The van der Waals surface area contributed by atoms with Gasteiger partial charge in [-0.3, -0.25) is 4.79 Å². The molecule has 5 nitrogen and oxygen atoms in total. The Balaban J connectivity index is 1.99. The lowest BCUT2D eigenvalue weighted by molar-refractivity contribution is -0.146. The van der Waals surface area contributed by atoms with E-state index in [1.165, 1.54) is 0 Å². The van der Waals surface area contributed by atoms with E-state index in [9.17, 15) is 9.59 Å². The molecule has 0 fully saturated rings. The molecule has 1 atom stereocenters. The molecule has 1 aliphatic heterocycles. The molecule has 1 N–H and O–H groups in total. The zero-order chi connectivity index (χ0) is 14.5. The topological polar surface area (TPSA) is 72.8 Å². The molecule has 1 unspecified atom stereocenters. The van der Waals surface area contributed by atoms with Crippen molar-refractivity contribution in [2.75, 3.05) is 6.61 Å². The quantitative estimate of drug-likeness (QED) is 0.833. The molecule has 2 rings (SSSR count). The fraction of sp³-hybridized carbons (Fsp3) is 0.467. The molecule has 0 saturated heterocycles. The number of carbonyl (C=O) groups is 2. The number of carboxylic acids is 1. The van der Waals surface area contributed by atoms with E-state index in [4.69, 9.17) is 14.6 Å². The Morgan fingerprint density at radius 2 is 2.25 bits per heavy atom. The summed E-state index contributed by atoms with van der Waals surface area (Å²) in [5.41, 5.74) is 2.04. The molecule has 1 aromatic carbocycles. The van der Waals surface area contributed by atoms with Crippen LogP contribution < -0.4 is 4.74 Å². The number of rotatable bonds is 5. The van der Waals surface area contributed by atoms with Crippen LogP contribution in [0.5, 0.6) is 5.75 Å². The van der Waals surface area contributed by atoms with E-state index < -0.39 is 12.1 Å². The van der Waals surface area contributed by atoms with Gasteiger partial charge < -0.3 is 14.6 Å². The fourth-order valence-corrected chi connectivity index (χ4v) is 2.25. The third-order valence-corrected chi connectivity index (χ3v) is 3.27. The number of fused-ring (bicyclic) bond motifs is 1. The summed E-state index contributed by atoms with van der Waals surface area (Å²) in [5.74, 6) is -0.502. The highest BCUT2D eigenvalue weighted by Crippen LogP contribution is 2.29. The summed E-state index contributed by atoms with van der Waals surface area (Å²) >= 11 is 0. The summed E-state index contributed by atoms with van der Waals surface area (Å²) in [6.45, 7) is 2.18. The number of aliphatic carboxylic acids is 1. The maximum absolute atomic E-state index is 11.3. The van der Waals surface area contributed by atoms with Crippen molar-refractivity contribution in [3.8, 4) is 5.75 Å². The van der Waals surface area contributed by atoms with Crippen LogP contribution in [0.25, 0.3) is 0 Å². The van der Waals surface area contributed by atoms with Crippen molar-refractivity contribution in [1.82, 2.24) is 0 Å². The fourth-order valence-electron chi connectivity index (χ4n) is 2.25. The van der Waals surface area contributed by atoms with Gasteiger partial charge in [0.15, 0.2) is 6.10 Å². The van der Waals surface area contributed by atoms with Crippen molar-refractivity contribution >= 4 is 11.9 Å². The molecule has 1 heterocycles. The first-order valence-corrected chi connectivity index (χ1v) is 6.77. The van der Waals surface area contributed by atoms with Crippen molar-refractivity contribution in [1.29, 1.82) is 0 Å². The van der Waals surface area contributed by atoms with Gasteiger partial charge in [0.05, 0.1) is 6.61 Å². The summed E-state index contributed by atoms with van der Waals surface area (Å²) in [5, 5.41) is 8.94. The van der Waals surface area contributed by atoms with Crippen LogP contribution in [0, 0.1) is 0 Å². The van der Waals surface area contributed by atoms with Gasteiger partial charge in [0.2, 0.25) is 0 Å². The van der Waals surface area contributed by atoms with Crippen LogP contribution in [0.1, 0.15) is 30.9 Å². The Hall–Kier alpha value is -2.04. The van der Waals surface area contributed by atoms with E-state index in [0.717, 1.165) is 11.1 Å². The monoisotopic (exact) mass is 278 g/mol. The normalized spacial score (nSPS) is 16.9. The number of benzene rings is 1. The minimum absolute atomic E-state index is 0.201. The molecule has 0 radical (unpaired) electrons. The third kappa shape index (κ3) is 3.50. The van der Waals surface area contributed by atoms with Gasteiger partial charge in [0, 0.05) is 6.42 Å². The maximum Gasteiger partial charge on any atom is 0.344 e. The molecule has 108 valence electrons. The van der Waals surface area contributed by atoms with Gasteiger partial charge in [-0.1, -0.05) is 12.1 Å². The second kappa shape index (κ2) is 6.41. The molecule has 0 aliphatic carbocycles. The van der Waals surface area contributed by atoms with Crippen molar-refractivity contribution in [2.24, 2.45) is 0 Å². The summed E-state index contributed by atoms with van der Waals surface area (Å²) in [4.78, 5) is 22.2. The minimum atomic E-state index is -0.929. The van der Waals surface area contributed by atoms with E-state index >= 15 is 0 Å². The van der Waals surface area contributed by atoms with Gasteiger partial charge in [-0.05, 0) is 43.4 Å². The van der Waals surface area contributed by atoms with E-state index in [2.05, 4.69) is 0 Å². The molecule has 0 saturated carbocycles. The first-order chi connectivity index (χ1) is 9.60. The highest BCUT2D eigenvalue weighted by molar-refractivity contribution is 5.73. The molecule has 1 aromatic rings. The average Bonchev–Trinajstić information content (AvgIpc) is 2.44. The summed E-state index contributed by atoms with van der Waals surface area (Å²) < 4.78 is 10.3. The molecule has 0 amide bonds. The molecular formula is C15H18O5. The SMILES string of the molecule is CCOC(=O)CCc1ccc2c(c1)CCC(C(=O)O)O2. The average molecular weight is 278 g/mol. The van der Waals surface area contributed by atoms with Crippen LogP contribution >= 0.6 is 0 Å². The smallest absolute Gasteiger partial charge is 0.344 e. The highest BCUT2D eigenvalue weighted by atomic mass is 16.5. The zero-order valence-electron chi connectivity index (χ0n) is 11.4. The number of ether oxygens (including phenoxy) is 2. The molecular weight excluding hydrogens is 260 g/mol. The number of carboxylic acid groups (broad SMARTS) is 1. The van der Waals surface area contributed by atoms with Crippen molar-refractivity contribution in [2.45, 2.75) is 38.7 Å². The second-order valence-corrected chi connectivity index (χ2v) is 4.73. The standard InChI is InChI=1S/C15H18O5/c1-2-19-14(16)8-4-10-3-6-12-11(9-10)5-7-13(20-12)15(17)18/h3,6,9,13H,2,4-5,7-8H2,1H3,(H,17,18).